The van der Waals surface area contributed by atoms with Crippen LogP contribution in [0.25, 0.3) is 0 Å². The fourth-order valence-electron chi connectivity index (χ4n) is 2.81. The topological polar surface area (TPSA) is 35.2 Å². The average molecular weight is 334 g/mol. The van der Waals surface area contributed by atoms with E-state index in [1.165, 1.54) is 15.4 Å². The van der Waals surface area contributed by atoms with Gasteiger partial charge in [-0.15, -0.1) is 0 Å². The Kier molecular flexibility index (Phi) is 5.42. The Balaban J connectivity index is 1.81. The van der Waals surface area contributed by atoms with E-state index < -0.39 is 0 Å². The molecule has 2 N–H and O–H groups in total. The second-order valence-electron chi connectivity index (χ2n) is 5.57. The van der Waals surface area contributed by atoms with Gasteiger partial charge in [0.15, 0.2) is 0 Å². The van der Waals surface area contributed by atoms with Gasteiger partial charge < -0.3 is 10.5 Å². The third-order valence-electron chi connectivity index (χ3n) is 4.09. The van der Waals surface area contributed by atoms with Gasteiger partial charge in [-0.3, -0.25) is 0 Å². The summed E-state index contributed by atoms with van der Waals surface area (Å²) < 4.78 is 5.45. The largest absolute Gasteiger partial charge is 0.381 e. The van der Waals surface area contributed by atoms with Crippen molar-refractivity contribution in [1.82, 2.24) is 0 Å². The third-order valence-corrected chi connectivity index (χ3v) is 5.44. The van der Waals surface area contributed by atoms with E-state index in [0.717, 1.165) is 31.1 Å². The van der Waals surface area contributed by atoms with E-state index >= 15 is 0 Å². The molecule has 1 aliphatic rings. The van der Waals surface area contributed by atoms with Gasteiger partial charge in [-0.05, 0) is 54.7 Å². The van der Waals surface area contributed by atoms with Crippen LogP contribution in [0.2, 0.25) is 5.02 Å². The first-order valence-corrected chi connectivity index (χ1v) is 8.79. The van der Waals surface area contributed by atoms with Crippen molar-refractivity contribution in [2.45, 2.75) is 28.7 Å². The highest BCUT2D eigenvalue weighted by Crippen LogP contribution is 2.37. The van der Waals surface area contributed by atoms with E-state index in [1.807, 2.05) is 24.3 Å². The molecule has 0 amide bonds. The fourth-order valence-corrected chi connectivity index (χ4v) is 3.93. The molecular weight excluding hydrogens is 314 g/mol. The summed E-state index contributed by atoms with van der Waals surface area (Å²) in [6.45, 7) is 1.65. The molecule has 0 aliphatic carbocycles. The quantitative estimate of drug-likeness (QED) is 0.862. The maximum atomic E-state index is 6.56. The zero-order valence-corrected chi connectivity index (χ0v) is 13.9. The lowest BCUT2D eigenvalue weighted by Gasteiger charge is -2.29. The maximum Gasteiger partial charge on any atom is 0.0469 e. The molecule has 1 saturated heterocycles. The predicted molar refractivity (Wildman–Crippen MR) is 92.5 cm³/mol. The van der Waals surface area contributed by atoms with Crippen LogP contribution in [-0.4, -0.2) is 13.2 Å². The summed E-state index contributed by atoms with van der Waals surface area (Å²) in [6.07, 6.45) is 2.09. The first-order chi connectivity index (χ1) is 10.7. The Bertz CT molecular complexity index is 611. The van der Waals surface area contributed by atoms with Crippen LogP contribution in [0.3, 0.4) is 0 Å². The number of benzene rings is 2. The van der Waals surface area contributed by atoms with Gasteiger partial charge in [-0.1, -0.05) is 41.6 Å². The smallest absolute Gasteiger partial charge is 0.0469 e. The minimum Gasteiger partial charge on any atom is -0.381 e. The fraction of sp³-hybridized carbons (Fsp3) is 0.333. The number of halogens is 1. The van der Waals surface area contributed by atoms with Gasteiger partial charge in [0.1, 0.15) is 0 Å². The number of rotatable bonds is 4. The number of hydrogen-bond acceptors (Lipinski definition) is 3. The van der Waals surface area contributed by atoms with Crippen molar-refractivity contribution in [2.75, 3.05) is 13.2 Å². The van der Waals surface area contributed by atoms with E-state index in [0.29, 0.717) is 5.92 Å². The van der Waals surface area contributed by atoms with Gasteiger partial charge in [-0.2, -0.15) is 0 Å². The van der Waals surface area contributed by atoms with Crippen molar-refractivity contribution >= 4 is 23.4 Å². The summed E-state index contributed by atoms with van der Waals surface area (Å²) in [4.78, 5) is 2.40. The van der Waals surface area contributed by atoms with Crippen LogP contribution in [0.4, 0.5) is 0 Å². The number of nitrogens with two attached hydrogens (primary N) is 1. The van der Waals surface area contributed by atoms with Crippen LogP contribution in [0.15, 0.2) is 58.3 Å². The Morgan fingerprint density at radius 3 is 2.45 bits per heavy atom. The van der Waals surface area contributed by atoms with Gasteiger partial charge >= 0.3 is 0 Å². The molecule has 0 aromatic heterocycles. The molecule has 116 valence electrons. The van der Waals surface area contributed by atoms with Crippen molar-refractivity contribution in [2.24, 2.45) is 11.7 Å². The van der Waals surface area contributed by atoms with Crippen molar-refractivity contribution in [1.29, 1.82) is 0 Å². The first-order valence-electron chi connectivity index (χ1n) is 7.60. The highest BCUT2D eigenvalue weighted by atomic mass is 35.5. The summed E-state index contributed by atoms with van der Waals surface area (Å²) in [5.41, 5.74) is 7.79. The molecule has 0 bridgehead atoms. The van der Waals surface area contributed by atoms with E-state index in [4.69, 9.17) is 22.1 Å². The molecule has 2 aromatic rings. The second-order valence-corrected chi connectivity index (χ2v) is 7.12. The lowest BCUT2D eigenvalue weighted by molar-refractivity contribution is 0.0581. The maximum absolute atomic E-state index is 6.56. The molecular formula is C18H20ClNOS. The molecule has 0 radical (unpaired) electrons. The second kappa shape index (κ2) is 7.51. The number of hydrogen-bond donors (Lipinski definition) is 1. The van der Waals surface area contributed by atoms with Crippen molar-refractivity contribution in [3.63, 3.8) is 0 Å². The molecule has 2 aromatic carbocycles. The molecule has 1 fully saturated rings. The molecule has 4 heteroatoms. The highest BCUT2D eigenvalue weighted by molar-refractivity contribution is 7.99. The first kappa shape index (κ1) is 15.9. The molecule has 1 atom stereocenters. The molecule has 3 rings (SSSR count). The monoisotopic (exact) mass is 333 g/mol. The van der Waals surface area contributed by atoms with Crippen molar-refractivity contribution < 1.29 is 4.74 Å². The minimum atomic E-state index is 0.0694. The lowest BCUT2D eigenvalue weighted by atomic mass is 9.88. The van der Waals surface area contributed by atoms with Crippen LogP contribution in [0, 0.1) is 5.92 Å². The Morgan fingerprint density at radius 1 is 1.05 bits per heavy atom. The van der Waals surface area contributed by atoms with E-state index in [-0.39, 0.29) is 6.04 Å². The summed E-state index contributed by atoms with van der Waals surface area (Å²) in [6, 6.07) is 16.4. The standard InChI is InChI=1S/C18H20ClNOS/c19-14-5-7-15(8-6-14)22-17-4-2-1-3-16(17)18(20)13-9-11-21-12-10-13/h1-8,13,18H,9-12,20H2/t18-/m0/s1. The van der Waals surface area contributed by atoms with Gasteiger partial charge in [-0.25, -0.2) is 0 Å². The Hall–Kier alpha value is -1.00. The lowest BCUT2D eigenvalue weighted by Crippen LogP contribution is -2.27. The van der Waals surface area contributed by atoms with Crippen molar-refractivity contribution in [3.05, 3.63) is 59.1 Å². The number of ether oxygens (including phenoxy) is 1. The molecule has 0 unspecified atom stereocenters. The zero-order chi connectivity index (χ0) is 15.4. The van der Waals surface area contributed by atoms with Crippen LogP contribution in [0.5, 0.6) is 0 Å². The summed E-state index contributed by atoms with van der Waals surface area (Å²) >= 11 is 7.70. The van der Waals surface area contributed by atoms with E-state index in [2.05, 4.69) is 24.3 Å². The molecule has 1 heterocycles. The predicted octanol–water partition coefficient (Wildman–Crippen LogP) is 4.92. The van der Waals surface area contributed by atoms with Gasteiger partial charge in [0, 0.05) is 34.1 Å². The third kappa shape index (κ3) is 3.85. The van der Waals surface area contributed by atoms with Crippen LogP contribution < -0.4 is 5.73 Å². The van der Waals surface area contributed by atoms with Crippen LogP contribution in [-0.2, 0) is 4.74 Å². The van der Waals surface area contributed by atoms with E-state index in [1.54, 1.807) is 11.8 Å². The van der Waals surface area contributed by atoms with Gasteiger partial charge in [0.2, 0.25) is 0 Å². The van der Waals surface area contributed by atoms with Gasteiger partial charge in [0.25, 0.3) is 0 Å². The Morgan fingerprint density at radius 2 is 1.73 bits per heavy atom. The molecule has 1 aliphatic heterocycles. The summed E-state index contributed by atoms with van der Waals surface area (Å²) in [7, 11) is 0. The summed E-state index contributed by atoms with van der Waals surface area (Å²) in [5, 5.41) is 0.761. The van der Waals surface area contributed by atoms with E-state index in [9.17, 15) is 0 Å². The molecule has 2 nitrogen and oxygen atoms in total. The Labute approximate surface area is 141 Å². The highest BCUT2D eigenvalue weighted by Gasteiger charge is 2.24. The molecule has 0 saturated carbocycles. The average Bonchev–Trinajstić information content (AvgIpc) is 2.58. The van der Waals surface area contributed by atoms with Crippen LogP contribution in [0.1, 0.15) is 24.4 Å². The van der Waals surface area contributed by atoms with Crippen molar-refractivity contribution in [3.8, 4) is 0 Å². The normalized spacial score (nSPS) is 17.4. The van der Waals surface area contributed by atoms with Crippen LogP contribution >= 0.6 is 23.4 Å². The molecule has 0 spiro atoms. The minimum absolute atomic E-state index is 0.0694. The van der Waals surface area contributed by atoms with Gasteiger partial charge in [0.05, 0.1) is 0 Å². The zero-order valence-electron chi connectivity index (χ0n) is 12.4. The molecule has 22 heavy (non-hydrogen) atoms. The summed E-state index contributed by atoms with van der Waals surface area (Å²) in [5.74, 6) is 0.501. The SMILES string of the molecule is N[C@H](c1ccccc1Sc1ccc(Cl)cc1)C1CCOCC1.